The lowest BCUT2D eigenvalue weighted by Crippen LogP contribution is -2.46. The second kappa shape index (κ2) is 8.59. The van der Waals surface area contributed by atoms with Gasteiger partial charge in [0, 0.05) is 23.3 Å². The highest BCUT2D eigenvalue weighted by molar-refractivity contribution is 6.31. The third-order valence-electron chi connectivity index (χ3n) is 3.75. The summed E-state index contributed by atoms with van der Waals surface area (Å²) in [6.45, 7) is 4.31. The Balaban J connectivity index is 0.00000220. The van der Waals surface area contributed by atoms with Crippen LogP contribution in [0, 0.1) is 6.92 Å². The SMILES string of the molecule is CNC1CCCN(CC(=O)Nc2cc(Cl)ccc2C)C1.Cl. The van der Waals surface area contributed by atoms with E-state index >= 15 is 0 Å². The van der Waals surface area contributed by atoms with Crippen LogP contribution in [0.2, 0.25) is 5.02 Å². The molecule has 1 unspecified atom stereocenters. The molecule has 1 aliphatic heterocycles. The van der Waals surface area contributed by atoms with E-state index in [4.69, 9.17) is 11.6 Å². The van der Waals surface area contributed by atoms with E-state index in [2.05, 4.69) is 15.5 Å². The first kappa shape index (κ1) is 18.2. The number of hydrogen-bond donors (Lipinski definition) is 2. The predicted molar refractivity (Wildman–Crippen MR) is 90.6 cm³/mol. The van der Waals surface area contributed by atoms with E-state index in [-0.39, 0.29) is 18.3 Å². The smallest absolute Gasteiger partial charge is 0.238 e. The lowest BCUT2D eigenvalue weighted by molar-refractivity contribution is -0.117. The summed E-state index contributed by atoms with van der Waals surface area (Å²) in [5.41, 5.74) is 1.82. The zero-order valence-corrected chi connectivity index (χ0v) is 14.1. The molecule has 1 atom stereocenters. The van der Waals surface area contributed by atoms with Gasteiger partial charge in [-0.2, -0.15) is 0 Å². The number of amides is 1. The molecule has 1 aliphatic rings. The van der Waals surface area contributed by atoms with Gasteiger partial charge in [0.25, 0.3) is 0 Å². The molecule has 1 amide bonds. The fourth-order valence-corrected chi connectivity index (χ4v) is 2.73. The van der Waals surface area contributed by atoms with E-state index in [1.54, 1.807) is 6.07 Å². The van der Waals surface area contributed by atoms with Crippen molar-refractivity contribution >= 4 is 35.6 Å². The maximum absolute atomic E-state index is 12.1. The van der Waals surface area contributed by atoms with E-state index in [0.29, 0.717) is 17.6 Å². The first-order valence-electron chi connectivity index (χ1n) is 7.04. The topological polar surface area (TPSA) is 44.4 Å². The Bertz CT molecular complexity index is 482. The standard InChI is InChI=1S/C15H22ClN3O.ClH/c1-11-5-6-12(16)8-14(11)18-15(20)10-19-7-3-4-13(9-19)17-2;/h5-6,8,13,17H,3-4,7,9-10H2,1-2H3,(H,18,20);1H. The van der Waals surface area contributed by atoms with Crippen molar-refractivity contribution in [1.82, 2.24) is 10.2 Å². The maximum Gasteiger partial charge on any atom is 0.238 e. The van der Waals surface area contributed by atoms with Crippen molar-refractivity contribution in [2.75, 3.05) is 32.0 Å². The highest BCUT2D eigenvalue weighted by Crippen LogP contribution is 2.20. The van der Waals surface area contributed by atoms with Gasteiger partial charge < -0.3 is 10.6 Å². The maximum atomic E-state index is 12.1. The van der Waals surface area contributed by atoms with Crippen molar-refractivity contribution in [3.63, 3.8) is 0 Å². The van der Waals surface area contributed by atoms with Crippen LogP contribution in [0.25, 0.3) is 0 Å². The number of carbonyl (C=O) groups is 1. The second-order valence-electron chi connectivity index (χ2n) is 5.37. The molecular weight excluding hydrogens is 309 g/mol. The molecule has 21 heavy (non-hydrogen) atoms. The van der Waals surface area contributed by atoms with Crippen molar-refractivity contribution in [3.05, 3.63) is 28.8 Å². The summed E-state index contributed by atoms with van der Waals surface area (Å²) < 4.78 is 0. The minimum absolute atomic E-state index is 0. The van der Waals surface area contributed by atoms with Crippen LogP contribution in [0.4, 0.5) is 5.69 Å². The van der Waals surface area contributed by atoms with E-state index in [1.807, 2.05) is 26.1 Å². The second-order valence-corrected chi connectivity index (χ2v) is 5.81. The summed E-state index contributed by atoms with van der Waals surface area (Å²) in [6, 6.07) is 6.02. The van der Waals surface area contributed by atoms with Gasteiger partial charge in [-0.25, -0.2) is 0 Å². The van der Waals surface area contributed by atoms with Gasteiger partial charge in [-0.3, -0.25) is 9.69 Å². The fraction of sp³-hybridized carbons (Fsp3) is 0.533. The number of rotatable bonds is 4. The number of hydrogen-bond acceptors (Lipinski definition) is 3. The van der Waals surface area contributed by atoms with Crippen LogP contribution in [0.1, 0.15) is 18.4 Å². The molecule has 118 valence electrons. The Morgan fingerprint density at radius 1 is 1.48 bits per heavy atom. The van der Waals surface area contributed by atoms with E-state index in [9.17, 15) is 4.79 Å². The van der Waals surface area contributed by atoms with E-state index in [0.717, 1.165) is 30.8 Å². The van der Waals surface area contributed by atoms with Gasteiger partial charge >= 0.3 is 0 Å². The third kappa shape index (κ3) is 5.47. The number of halogens is 2. The average molecular weight is 332 g/mol. The van der Waals surface area contributed by atoms with Gasteiger partial charge in [0.2, 0.25) is 5.91 Å². The predicted octanol–water partition coefficient (Wildman–Crippen LogP) is 2.69. The van der Waals surface area contributed by atoms with Crippen LogP contribution in [0.3, 0.4) is 0 Å². The average Bonchev–Trinajstić information content (AvgIpc) is 2.43. The number of carbonyl (C=O) groups excluding carboxylic acids is 1. The number of likely N-dealkylation sites (tertiary alicyclic amines) is 1. The number of likely N-dealkylation sites (N-methyl/N-ethyl adjacent to an activating group) is 1. The Morgan fingerprint density at radius 2 is 2.24 bits per heavy atom. The molecule has 0 radical (unpaired) electrons. The van der Waals surface area contributed by atoms with Crippen LogP contribution in [-0.4, -0.2) is 43.5 Å². The lowest BCUT2D eigenvalue weighted by Gasteiger charge is -2.31. The van der Waals surface area contributed by atoms with Gasteiger partial charge in [0.1, 0.15) is 0 Å². The van der Waals surface area contributed by atoms with E-state index < -0.39 is 0 Å². The highest BCUT2D eigenvalue weighted by atomic mass is 35.5. The summed E-state index contributed by atoms with van der Waals surface area (Å²) in [7, 11) is 1.98. The Hall–Kier alpha value is -0.810. The largest absolute Gasteiger partial charge is 0.325 e. The van der Waals surface area contributed by atoms with Crippen molar-refractivity contribution in [2.24, 2.45) is 0 Å². The molecule has 6 heteroatoms. The van der Waals surface area contributed by atoms with Crippen molar-refractivity contribution < 1.29 is 4.79 Å². The molecule has 1 aromatic rings. The monoisotopic (exact) mass is 331 g/mol. The Morgan fingerprint density at radius 3 is 2.95 bits per heavy atom. The number of anilines is 1. The molecule has 1 aromatic carbocycles. The molecule has 1 fully saturated rings. The molecule has 4 nitrogen and oxygen atoms in total. The molecular formula is C15H23Cl2N3O. The number of nitrogens with one attached hydrogen (secondary N) is 2. The molecule has 0 spiro atoms. The molecule has 0 aliphatic carbocycles. The van der Waals surface area contributed by atoms with Crippen molar-refractivity contribution in [2.45, 2.75) is 25.8 Å². The molecule has 0 saturated carbocycles. The van der Waals surface area contributed by atoms with Gasteiger partial charge in [0.15, 0.2) is 0 Å². The number of piperidine rings is 1. The third-order valence-corrected chi connectivity index (χ3v) is 3.99. The lowest BCUT2D eigenvalue weighted by atomic mass is 10.1. The summed E-state index contributed by atoms with van der Waals surface area (Å²) in [5.74, 6) is 0.0205. The molecule has 1 heterocycles. The molecule has 2 rings (SSSR count). The number of nitrogens with zero attached hydrogens (tertiary/aromatic N) is 1. The van der Waals surface area contributed by atoms with Crippen LogP contribution < -0.4 is 10.6 Å². The van der Waals surface area contributed by atoms with Gasteiger partial charge in [-0.1, -0.05) is 17.7 Å². The quantitative estimate of drug-likeness (QED) is 0.891. The van der Waals surface area contributed by atoms with Gasteiger partial charge in [-0.05, 0) is 51.1 Å². The van der Waals surface area contributed by atoms with Gasteiger partial charge in [-0.15, -0.1) is 12.4 Å². The van der Waals surface area contributed by atoms with Crippen LogP contribution >= 0.6 is 24.0 Å². The fourth-order valence-electron chi connectivity index (χ4n) is 2.56. The van der Waals surface area contributed by atoms with E-state index in [1.165, 1.54) is 6.42 Å². The zero-order chi connectivity index (χ0) is 14.5. The normalized spacial score (nSPS) is 18.9. The van der Waals surface area contributed by atoms with Crippen LogP contribution in [-0.2, 0) is 4.79 Å². The zero-order valence-electron chi connectivity index (χ0n) is 12.5. The Kier molecular flexibility index (Phi) is 7.46. The first-order valence-corrected chi connectivity index (χ1v) is 7.42. The van der Waals surface area contributed by atoms with Gasteiger partial charge in [0.05, 0.1) is 6.54 Å². The molecule has 0 aromatic heterocycles. The van der Waals surface area contributed by atoms with Crippen molar-refractivity contribution in [3.8, 4) is 0 Å². The summed E-state index contributed by atoms with van der Waals surface area (Å²) in [6.07, 6.45) is 2.32. The van der Waals surface area contributed by atoms with Crippen LogP contribution in [0.5, 0.6) is 0 Å². The molecule has 2 N–H and O–H groups in total. The minimum atomic E-state index is 0. The Labute approximate surface area is 137 Å². The first-order chi connectivity index (χ1) is 9.58. The van der Waals surface area contributed by atoms with Crippen LogP contribution in [0.15, 0.2) is 18.2 Å². The highest BCUT2D eigenvalue weighted by Gasteiger charge is 2.20. The minimum Gasteiger partial charge on any atom is -0.325 e. The molecule has 0 bridgehead atoms. The summed E-state index contributed by atoms with van der Waals surface area (Å²) in [5, 5.41) is 6.87. The van der Waals surface area contributed by atoms with Crippen molar-refractivity contribution in [1.29, 1.82) is 0 Å². The number of aryl methyl sites for hydroxylation is 1. The molecule has 1 saturated heterocycles. The number of benzene rings is 1. The summed E-state index contributed by atoms with van der Waals surface area (Å²) >= 11 is 5.96. The summed E-state index contributed by atoms with van der Waals surface area (Å²) in [4.78, 5) is 14.3.